The molecular formula is C18H20O4. The highest BCUT2D eigenvalue weighted by Gasteiger charge is 2.23. The van der Waals surface area contributed by atoms with Crippen LogP contribution < -0.4 is 9.47 Å². The summed E-state index contributed by atoms with van der Waals surface area (Å²) in [5.41, 5.74) is 1.61. The molecule has 0 saturated heterocycles. The molecule has 1 atom stereocenters. The van der Waals surface area contributed by atoms with E-state index in [4.69, 9.17) is 9.47 Å². The summed E-state index contributed by atoms with van der Waals surface area (Å²) >= 11 is 0. The molecule has 2 aromatic rings. The molecule has 0 spiro atoms. The minimum atomic E-state index is -0.850. The van der Waals surface area contributed by atoms with Crippen LogP contribution in [-0.4, -0.2) is 24.8 Å². The van der Waals surface area contributed by atoms with Crippen LogP contribution in [0.2, 0.25) is 0 Å². The fourth-order valence-electron chi connectivity index (χ4n) is 2.44. The van der Waals surface area contributed by atoms with Gasteiger partial charge in [0.25, 0.3) is 0 Å². The SMILES string of the molecule is CCOc1c(CC(C(=O)O)c2ccccc2)cccc1OC. The van der Waals surface area contributed by atoms with Crippen LogP contribution >= 0.6 is 0 Å². The molecule has 0 aliphatic carbocycles. The summed E-state index contributed by atoms with van der Waals surface area (Å²) in [5, 5.41) is 9.56. The van der Waals surface area contributed by atoms with Gasteiger partial charge in [-0.25, -0.2) is 0 Å². The topological polar surface area (TPSA) is 55.8 Å². The second-order valence-corrected chi connectivity index (χ2v) is 4.89. The Balaban J connectivity index is 2.37. The predicted octanol–water partition coefficient (Wildman–Crippen LogP) is 3.50. The molecule has 2 aromatic carbocycles. The van der Waals surface area contributed by atoms with E-state index >= 15 is 0 Å². The van der Waals surface area contributed by atoms with Crippen molar-refractivity contribution >= 4 is 5.97 Å². The quantitative estimate of drug-likeness (QED) is 0.850. The highest BCUT2D eigenvalue weighted by Crippen LogP contribution is 2.34. The minimum absolute atomic E-state index is 0.353. The monoisotopic (exact) mass is 300 g/mol. The van der Waals surface area contributed by atoms with E-state index in [0.717, 1.165) is 11.1 Å². The molecule has 1 unspecified atom stereocenters. The number of carbonyl (C=O) groups is 1. The summed E-state index contributed by atoms with van der Waals surface area (Å²) in [6.45, 7) is 2.39. The molecule has 116 valence electrons. The average Bonchev–Trinajstić information content (AvgIpc) is 2.54. The Bertz CT molecular complexity index is 622. The molecule has 0 amide bonds. The fraction of sp³-hybridized carbons (Fsp3) is 0.278. The zero-order valence-corrected chi connectivity index (χ0v) is 12.8. The van der Waals surface area contributed by atoms with Gasteiger partial charge in [-0.1, -0.05) is 42.5 Å². The second kappa shape index (κ2) is 7.50. The Morgan fingerprint density at radius 2 is 1.86 bits per heavy atom. The Kier molecular flexibility index (Phi) is 5.42. The van der Waals surface area contributed by atoms with Gasteiger partial charge in [-0.05, 0) is 30.5 Å². The van der Waals surface area contributed by atoms with E-state index in [0.29, 0.717) is 24.5 Å². The molecular weight excluding hydrogens is 280 g/mol. The Morgan fingerprint density at radius 1 is 1.14 bits per heavy atom. The number of ether oxygens (including phenoxy) is 2. The van der Waals surface area contributed by atoms with Gasteiger partial charge in [0.15, 0.2) is 11.5 Å². The number of para-hydroxylation sites is 1. The van der Waals surface area contributed by atoms with Gasteiger partial charge in [-0.3, -0.25) is 4.79 Å². The van der Waals surface area contributed by atoms with Crippen molar-refractivity contribution < 1.29 is 19.4 Å². The number of benzene rings is 2. The number of aliphatic carboxylic acids is 1. The van der Waals surface area contributed by atoms with Crippen molar-refractivity contribution in [3.63, 3.8) is 0 Å². The van der Waals surface area contributed by atoms with Crippen molar-refractivity contribution in [2.75, 3.05) is 13.7 Å². The van der Waals surface area contributed by atoms with Crippen LogP contribution in [0.25, 0.3) is 0 Å². The Morgan fingerprint density at radius 3 is 2.45 bits per heavy atom. The first-order valence-electron chi connectivity index (χ1n) is 7.23. The zero-order valence-electron chi connectivity index (χ0n) is 12.8. The number of rotatable bonds is 7. The van der Waals surface area contributed by atoms with Crippen LogP contribution in [0.5, 0.6) is 11.5 Å². The summed E-state index contributed by atoms with van der Waals surface area (Å²) in [5.74, 6) is -0.227. The molecule has 0 aliphatic heterocycles. The number of carboxylic acids is 1. The van der Waals surface area contributed by atoms with Crippen LogP contribution in [0.1, 0.15) is 24.0 Å². The largest absolute Gasteiger partial charge is 0.493 e. The van der Waals surface area contributed by atoms with Crippen LogP contribution in [0.3, 0.4) is 0 Å². The van der Waals surface area contributed by atoms with Crippen LogP contribution in [-0.2, 0) is 11.2 Å². The first kappa shape index (κ1) is 15.9. The van der Waals surface area contributed by atoms with Crippen LogP contribution in [0.4, 0.5) is 0 Å². The van der Waals surface area contributed by atoms with Crippen LogP contribution in [0.15, 0.2) is 48.5 Å². The van der Waals surface area contributed by atoms with Gasteiger partial charge in [0.2, 0.25) is 0 Å². The molecule has 22 heavy (non-hydrogen) atoms. The number of methoxy groups -OCH3 is 1. The van der Waals surface area contributed by atoms with Crippen molar-refractivity contribution in [1.82, 2.24) is 0 Å². The van der Waals surface area contributed by atoms with Crippen molar-refractivity contribution in [1.29, 1.82) is 0 Å². The maximum atomic E-state index is 11.7. The zero-order chi connectivity index (χ0) is 15.9. The highest BCUT2D eigenvalue weighted by molar-refractivity contribution is 5.76. The third-order valence-corrected chi connectivity index (χ3v) is 3.49. The van der Waals surface area contributed by atoms with Gasteiger partial charge in [0.05, 0.1) is 19.6 Å². The minimum Gasteiger partial charge on any atom is -0.493 e. The molecule has 0 aromatic heterocycles. The summed E-state index contributed by atoms with van der Waals surface area (Å²) in [7, 11) is 1.58. The van der Waals surface area contributed by atoms with E-state index in [2.05, 4.69) is 0 Å². The van der Waals surface area contributed by atoms with Crippen molar-refractivity contribution in [2.45, 2.75) is 19.3 Å². The number of hydrogen-bond donors (Lipinski definition) is 1. The van der Waals surface area contributed by atoms with E-state index < -0.39 is 11.9 Å². The molecule has 2 rings (SSSR count). The van der Waals surface area contributed by atoms with E-state index in [9.17, 15) is 9.90 Å². The summed E-state index contributed by atoms with van der Waals surface area (Å²) in [4.78, 5) is 11.7. The van der Waals surface area contributed by atoms with Gasteiger partial charge in [0.1, 0.15) is 0 Å². The predicted molar refractivity (Wildman–Crippen MR) is 84.7 cm³/mol. The van der Waals surface area contributed by atoms with Gasteiger partial charge in [-0.15, -0.1) is 0 Å². The smallest absolute Gasteiger partial charge is 0.311 e. The summed E-state index contributed by atoms with van der Waals surface area (Å²) in [6, 6.07) is 14.8. The molecule has 0 fully saturated rings. The van der Waals surface area contributed by atoms with Gasteiger partial charge >= 0.3 is 5.97 Å². The Labute approximate surface area is 130 Å². The van der Waals surface area contributed by atoms with E-state index in [1.54, 1.807) is 7.11 Å². The standard InChI is InChI=1S/C18H20O4/c1-3-22-17-14(10-7-11-16(17)21-2)12-15(18(19)20)13-8-5-4-6-9-13/h4-11,15H,3,12H2,1-2H3,(H,19,20). The van der Waals surface area contributed by atoms with Gasteiger partial charge < -0.3 is 14.6 Å². The lowest BCUT2D eigenvalue weighted by atomic mass is 9.91. The highest BCUT2D eigenvalue weighted by atomic mass is 16.5. The van der Waals surface area contributed by atoms with Crippen molar-refractivity contribution in [2.24, 2.45) is 0 Å². The fourth-order valence-corrected chi connectivity index (χ4v) is 2.44. The summed E-state index contributed by atoms with van der Waals surface area (Å²) in [6.07, 6.45) is 0.353. The third-order valence-electron chi connectivity index (χ3n) is 3.49. The van der Waals surface area contributed by atoms with Gasteiger partial charge in [-0.2, -0.15) is 0 Å². The van der Waals surface area contributed by atoms with E-state index in [1.807, 2.05) is 55.5 Å². The number of carboxylic acid groups (broad SMARTS) is 1. The molecule has 4 heteroatoms. The lowest BCUT2D eigenvalue weighted by Gasteiger charge is -2.17. The molecule has 4 nitrogen and oxygen atoms in total. The molecule has 0 heterocycles. The third kappa shape index (κ3) is 3.58. The molecule has 1 N–H and O–H groups in total. The van der Waals surface area contributed by atoms with E-state index in [1.165, 1.54) is 0 Å². The molecule has 0 radical (unpaired) electrons. The molecule has 0 bridgehead atoms. The average molecular weight is 300 g/mol. The van der Waals surface area contributed by atoms with E-state index in [-0.39, 0.29) is 0 Å². The molecule has 0 aliphatic rings. The lowest BCUT2D eigenvalue weighted by Crippen LogP contribution is -2.15. The van der Waals surface area contributed by atoms with Crippen molar-refractivity contribution in [3.05, 3.63) is 59.7 Å². The van der Waals surface area contributed by atoms with Gasteiger partial charge in [0, 0.05) is 0 Å². The molecule has 0 saturated carbocycles. The maximum Gasteiger partial charge on any atom is 0.311 e. The summed E-state index contributed by atoms with van der Waals surface area (Å²) < 4.78 is 11.0. The van der Waals surface area contributed by atoms with Crippen molar-refractivity contribution in [3.8, 4) is 11.5 Å². The first-order chi connectivity index (χ1) is 10.7. The maximum absolute atomic E-state index is 11.7. The first-order valence-corrected chi connectivity index (χ1v) is 7.23. The lowest BCUT2D eigenvalue weighted by molar-refractivity contribution is -0.138. The second-order valence-electron chi connectivity index (χ2n) is 4.89. The number of hydrogen-bond acceptors (Lipinski definition) is 3. The van der Waals surface area contributed by atoms with Crippen LogP contribution in [0, 0.1) is 0 Å². The normalized spacial score (nSPS) is 11.7. The Hall–Kier alpha value is -2.49.